The van der Waals surface area contributed by atoms with Crippen LogP contribution in [0.25, 0.3) is 11.2 Å². The number of aromatic nitrogens is 4. The molecular weight excluding hydrogens is 463 g/mol. The van der Waals surface area contributed by atoms with Gasteiger partial charge in [-0.2, -0.15) is 8.42 Å². The minimum Gasteiger partial charge on any atom is -0.451 e. The number of hydrogen-bond acceptors (Lipinski definition) is 8. The Morgan fingerprint density at radius 3 is 2.73 bits per heavy atom. The van der Waals surface area contributed by atoms with E-state index in [4.69, 9.17) is 26.2 Å². The summed E-state index contributed by atoms with van der Waals surface area (Å²) in [4.78, 5) is 12.2. The van der Waals surface area contributed by atoms with Gasteiger partial charge in [0.2, 0.25) is 0 Å². The molecule has 2 N–H and O–H groups in total. The summed E-state index contributed by atoms with van der Waals surface area (Å²) in [6, 6.07) is 0. The number of imidazole rings is 1. The largest absolute Gasteiger partial charge is 0.451 e. The van der Waals surface area contributed by atoms with Crippen LogP contribution in [-0.2, 0) is 56.7 Å². The van der Waals surface area contributed by atoms with E-state index < -0.39 is 28.3 Å². The van der Waals surface area contributed by atoms with Crippen molar-refractivity contribution in [1.29, 1.82) is 0 Å². The molecule has 2 atom stereocenters. The van der Waals surface area contributed by atoms with Gasteiger partial charge in [0.15, 0.2) is 5.79 Å². The van der Waals surface area contributed by atoms with E-state index in [0.717, 1.165) is 0 Å². The minimum atomic E-state index is -4.03. The first-order chi connectivity index (χ1) is 11.6. The van der Waals surface area contributed by atoms with Gasteiger partial charge in [-0.25, -0.2) is 10.1 Å². The van der Waals surface area contributed by atoms with Crippen molar-refractivity contribution in [3.05, 3.63) is 30.8 Å². The average Bonchev–Trinajstić information content (AvgIpc) is 3.00. The van der Waals surface area contributed by atoms with Crippen molar-refractivity contribution in [1.82, 2.24) is 19.5 Å². The molecule has 10 nitrogen and oxygen atoms in total. The summed E-state index contributed by atoms with van der Waals surface area (Å²) in [5, 5.41) is 5.05. The second-order valence-corrected chi connectivity index (χ2v) is 7.29. The molecule has 3 heterocycles. The van der Waals surface area contributed by atoms with E-state index in [0.29, 0.717) is 11.2 Å². The Hall–Kier alpha value is -0.396. The molecule has 0 aromatic carbocycles. The van der Waals surface area contributed by atoms with E-state index in [1.54, 1.807) is 25.0 Å². The van der Waals surface area contributed by atoms with Crippen LogP contribution in [0, 0.1) is 13.0 Å². The molecule has 0 amide bonds. The third-order valence-corrected chi connectivity index (χ3v) is 4.09. The van der Waals surface area contributed by atoms with Crippen LogP contribution >= 0.6 is 11.6 Å². The molecule has 0 spiro atoms. The van der Waals surface area contributed by atoms with Gasteiger partial charge < -0.3 is 19.0 Å². The SMILES string of the molecule is CC1(C)O[C@@H]([CH-]n2cnc3c(Cl)ncnc32)[C@@H]([CH-]COS(N)(=O)=O)O1.[Y]. The molecule has 141 valence electrons. The van der Waals surface area contributed by atoms with Crippen molar-refractivity contribution in [2.45, 2.75) is 31.8 Å². The molecule has 1 saturated heterocycles. The van der Waals surface area contributed by atoms with Crippen LogP contribution in [0.15, 0.2) is 12.7 Å². The number of hydrogen-bond donors (Lipinski definition) is 1. The molecule has 2 aromatic heterocycles. The first kappa shape index (κ1) is 21.9. The minimum absolute atomic E-state index is 0. The average molecular weight is 479 g/mol. The van der Waals surface area contributed by atoms with Gasteiger partial charge in [-0.15, -0.1) is 0 Å². The van der Waals surface area contributed by atoms with Gasteiger partial charge in [0.25, 0.3) is 0 Å². The van der Waals surface area contributed by atoms with Gasteiger partial charge in [-0.05, 0) is 26.3 Å². The summed E-state index contributed by atoms with van der Waals surface area (Å²) in [7, 11) is -4.03. The first-order valence-electron chi connectivity index (χ1n) is 7.19. The maximum atomic E-state index is 10.9. The summed E-state index contributed by atoms with van der Waals surface area (Å²) >= 11 is 5.98. The molecule has 3 rings (SSSR count). The van der Waals surface area contributed by atoms with Gasteiger partial charge in [0.1, 0.15) is 11.5 Å². The molecular formula is C13H16ClN5O5SY-2. The van der Waals surface area contributed by atoms with Crippen LogP contribution in [0.5, 0.6) is 0 Å². The smallest absolute Gasteiger partial charge is 0.330 e. The van der Waals surface area contributed by atoms with E-state index >= 15 is 0 Å². The van der Waals surface area contributed by atoms with Crippen molar-refractivity contribution in [2.75, 3.05) is 6.61 Å². The number of fused-ring (bicyclic) bond motifs is 1. The summed E-state index contributed by atoms with van der Waals surface area (Å²) in [6.45, 7) is 4.94. The third kappa shape index (κ3) is 5.32. The van der Waals surface area contributed by atoms with Gasteiger partial charge >= 0.3 is 10.3 Å². The third-order valence-electron chi connectivity index (χ3n) is 3.35. The summed E-state index contributed by atoms with van der Waals surface area (Å²) in [5.74, 6) is -0.868. The number of ether oxygens (including phenoxy) is 2. The zero-order valence-corrected chi connectivity index (χ0v) is 18.4. The molecule has 1 fully saturated rings. The van der Waals surface area contributed by atoms with Gasteiger partial charge in [0.05, 0.1) is 11.2 Å². The summed E-state index contributed by atoms with van der Waals surface area (Å²) in [6.07, 6.45) is 3.27. The first-order valence-corrected chi connectivity index (χ1v) is 9.04. The standard InChI is InChI=1S/C13H16ClN5O5S.Y/c1-13(2)23-8(3-4-22-25(15,20)21)9(24-13)5-19-7-18-10-11(14)16-6-17-12(10)19;/h3,5-9H,4H2,1-2H3,(H2,15,20,21);/q-2;/t8-,9+;/m1./s1. The maximum Gasteiger partial charge on any atom is 0.330 e. The van der Waals surface area contributed by atoms with Crippen molar-refractivity contribution in [2.24, 2.45) is 5.14 Å². The molecule has 1 aliphatic rings. The van der Waals surface area contributed by atoms with Gasteiger partial charge in [-0.1, -0.05) is 24.8 Å². The Balaban J connectivity index is 0.00000243. The van der Waals surface area contributed by atoms with Gasteiger partial charge in [0, 0.05) is 38.8 Å². The quantitative estimate of drug-likeness (QED) is 0.467. The molecule has 0 saturated carbocycles. The van der Waals surface area contributed by atoms with Crippen molar-refractivity contribution in [3.8, 4) is 0 Å². The fraction of sp³-hybridized carbons (Fsp3) is 0.462. The Morgan fingerprint density at radius 2 is 2.04 bits per heavy atom. The van der Waals surface area contributed by atoms with E-state index in [2.05, 4.69) is 19.1 Å². The normalized spacial score (nSPS) is 22.3. The van der Waals surface area contributed by atoms with Crippen LogP contribution in [0.3, 0.4) is 0 Å². The Kier molecular flexibility index (Phi) is 7.00. The van der Waals surface area contributed by atoms with Gasteiger partial charge in [-0.3, -0.25) is 15.6 Å². The van der Waals surface area contributed by atoms with Crippen molar-refractivity contribution < 1.29 is 54.8 Å². The molecule has 1 radical (unpaired) electrons. The van der Waals surface area contributed by atoms with Crippen molar-refractivity contribution >= 4 is 33.1 Å². The van der Waals surface area contributed by atoms with Crippen LogP contribution in [0.2, 0.25) is 5.15 Å². The van der Waals surface area contributed by atoms with Crippen LogP contribution < -0.4 is 5.14 Å². The fourth-order valence-electron chi connectivity index (χ4n) is 2.43. The van der Waals surface area contributed by atoms with E-state index in [9.17, 15) is 8.42 Å². The molecule has 0 bridgehead atoms. The van der Waals surface area contributed by atoms with E-state index in [1.807, 2.05) is 0 Å². The Morgan fingerprint density at radius 1 is 1.35 bits per heavy atom. The molecule has 13 heteroatoms. The number of nitrogens with two attached hydrogens (primary N) is 1. The molecule has 2 aromatic rings. The molecule has 26 heavy (non-hydrogen) atoms. The Labute approximate surface area is 180 Å². The predicted molar refractivity (Wildman–Crippen MR) is 87.2 cm³/mol. The number of halogens is 1. The van der Waals surface area contributed by atoms with Crippen LogP contribution in [0.1, 0.15) is 13.8 Å². The second-order valence-electron chi connectivity index (χ2n) is 5.72. The van der Waals surface area contributed by atoms with E-state index in [1.165, 1.54) is 19.1 Å². The topological polar surface area (TPSA) is 131 Å². The molecule has 0 unspecified atom stereocenters. The zero-order chi connectivity index (χ0) is 18.2. The predicted octanol–water partition coefficient (Wildman–Crippen LogP) is 0.432. The fourth-order valence-corrected chi connectivity index (χ4v) is 2.88. The maximum absolute atomic E-state index is 10.9. The van der Waals surface area contributed by atoms with Crippen molar-refractivity contribution in [3.63, 3.8) is 0 Å². The zero-order valence-electron chi connectivity index (χ0n) is 13.9. The van der Waals surface area contributed by atoms with Crippen LogP contribution in [0.4, 0.5) is 0 Å². The molecule has 1 aliphatic heterocycles. The number of nitrogens with zero attached hydrogens (tertiary/aromatic N) is 4. The van der Waals surface area contributed by atoms with Crippen LogP contribution in [-0.4, -0.2) is 52.5 Å². The summed E-state index contributed by atoms with van der Waals surface area (Å²) < 4.78 is 39.5. The summed E-state index contributed by atoms with van der Waals surface area (Å²) in [5.41, 5.74) is 0.963. The second kappa shape index (κ2) is 8.31. The molecule has 0 aliphatic carbocycles. The van der Waals surface area contributed by atoms with E-state index in [-0.39, 0.29) is 44.5 Å². The number of rotatable bonds is 6. The monoisotopic (exact) mass is 478 g/mol. The Bertz CT molecular complexity index is 877.